The Morgan fingerprint density at radius 2 is 1.81 bits per heavy atom. The fraction of sp³-hybridized carbons (Fsp3) is 0.0526. The molecule has 0 aliphatic carbocycles. The molecule has 0 bridgehead atoms. The SMILES string of the molecule is O=C(COC(=O)c1ccc2ccccc2c1O)Nc1cc(Cl)ccc1Cl. The van der Waals surface area contributed by atoms with Crippen LogP contribution in [-0.2, 0) is 9.53 Å². The molecule has 3 aromatic rings. The highest BCUT2D eigenvalue weighted by Gasteiger charge is 2.17. The monoisotopic (exact) mass is 389 g/mol. The fourth-order valence-electron chi connectivity index (χ4n) is 2.41. The van der Waals surface area contributed by atoms with Crippen LogP contribution in [0.1, 0.15) is 10.4 Å². The summed E-state index contributed by atoms with van der Waals surface area (Å²) in [4.78, 5) is 24.1. The normalized spacial score (nSPS) is 10.5. The highest BCUT2D eigenvalue weighted by molar-refractivity contribution is 6.35. The van der Waals surface area contributed by atoms with E-state index >= 15 is 0 Å². The second-order valence-electron chi connectivity index (χ2n) is 5.43. The van der Waals surface area contributed by atoms with E-state index in [1.165, 1.54) is 12.1 Å². The van der Waals surface area contributed by atoms with Crippen molar-refractivity contribution in [3.8, 4) is 5.75 Å². The number of carbonyl (C=O) groups is 2. The lowest BCUT2D eigenvalue weighted by atomic mass is 10.1. The lowest BCUT2D eigenvalue weighted by Gasteiger charge is -2.10. The topological polar surface area (TPSA) is 75.6 Å². The van der Waals surface area contributed by atoms with Crippen molar-refractivity contribution in [2.75, 3.05) is 11.9 Å². The van der Waals surface area contributed by atoms with Gasteiger partial charge in [-0.1, -0.05) is 53.5 Å². The number of anilines is 1. The van der Waals surface area contributed by atoms with Crippen LogP contribution in [0.4, 0.5) is 5.69 Å². The first kappa shape index (κ1) is 18.0. The molecule has 5 nitrogen and oxygen atoms in total. The number of ether oxygens (including phenoxy) is 1. The van der Waals surface area contributed by atoms with E-state index in [1.54, 1.807) is 30.3 Å². The highest BCUT2D eigenvalue weighted by Crippen LogP contribution is 2.29. The molecule has 0 saturated carbocycles. The minimum absolute atomic E-state index is 0.0164. The van der Waals surface area contributed by atoms with Crippen molar-refractivity contribution >= 4 is 51.5 Å². The van der Waals surface area contributed by atoms with Gasteiger partial charge in [0.2, 0.25) is 0 Å². The Labute approximate surface area is 159 Å². The van der Waals surface area contributed by atoms with Crippen molar-refractivity contribution in [2.24, 2.45) is 0 Å². The average molecular weight is 390 g/mol. The smallest absolute Gasteiger partial charge is 0.342 e. The summed E-state index contributed by atoms with van der Waals surface area (Å²) in [6.07, 6.45) is 0. The summed E-state index contributed by atoms with van der Waals surface area (Å²) in [6.45, 7) is -0.534. The molecule has 0 saturated heterocycles. The first-order valence-electron chi connectivity index (χ1n) is 7.58. The van der Waals surface area contributed by atoms with Crippen LogP contribution in [0.25, 0.3) is 10.8 Å². The number of fused-ring (bicyclic) bond motifs is 1. The molecule has 0 atom stereocenters. The molecule has 3 aromatic carbocycles. The first-order chi connectivity index (χ1) is 12.5. The molecule has 1 amide bonds. The maximum Gasteiger partial charge on any atom is 0.342 e. The van der Waals surface area contributed by atoms with Crippen molar-refractivity contribution in [1.82, 2.24) is 0 Å². The van der Waals surface area contributed by atoms with Crippen molar-refractivity contribution in [1.29, 1.82) is 0 Å². The Kier molecular flexibility index (Phi) is 5.30. The number of aromatic hydroxyl groups is 1. The second kappa shape index (κ2) is 7.64. The van der Waals surface area contributed by atoms with Crippen LogP contribution in [0.3, 0.4) is 0 Å². The van der Waals surface area contributed by atoms with E-state index in [1.807, 2.05) is 12.1 Å². The maximum atomic E-state index is 12.2. The average Bonchev–Trinajstić information content (AvgIpc) is 2.63. The minimum Gasteiger partial charge on any atom is -0.506 e. The molecular weight excluding hydrogens is 377 g/mol. The van der Waals surface area contributed by atoms with Crippen LogP contribution in [0.15, 0.2) is 54.6 Å². The molecule has 0 fully saturated rings. The number of rotatable bonds is 4. The Morgan fingerprint density at radius 3 is 2.62 bits per heavy atom. The molecule has 26 heavy (non-hydrogen) atoms. The number of hydrogen-bond donors (Lipinski definition) is 2. The zero-order valence-electron chi connectivity index (χ0n) is 13.3. The van der Waals surface area contributed by atoms with Crippen molar-refractivity contribution in [3.63, 3.8) is 0 Å². The van der Waals surface area contributed by atoms with Crippen molar-refractivity contribution in [3.05, 3.63) is 70.2 Å². The van der Waals surface area contributed by atoms with E-state index in [4.69, 9.17) is 27.9 Å². The molecule has 0 aliphatic rings. The van der Waals surface area contributed by atoms with Gasteiger partial charge in [0.25, 0.3) is 5.91 Å². The van der Waals surface area contributed by atoms with E-state index in [0.717, 1.165) is 5.39 Å². The predicted molar refractivity (Wildman–Crippen MR) is 101 cm³/mol. The summed E-state index contributed by atoms with van der Waals surface area (Å²) < 4.78 is 4.97. The minimum atomic E-state index is -0.805. The third kappa shape index (κ3) is 3.90. The number of phenols is 1. The van der Waals surface area contributed by atoms with Gasteiger partial charge in [-0.05, 0) is 29.7 Å². The number of amides is 1. The summed E-state index contributed by atoms with van der Waals surface area (Å²) in [5, 5.41) is 14.8. The van der Waals surface area contributed by atoms with Crippen LogP contribution in [-0.4, -0.2) is 23.6 Å². The summed E-state index contributed by atoms with van der Waals surface area (Å²) in [6, 6.07) is 14.8. The molecule has 3 rings (SSSR count). The largest absolute Gasteiger partial charge is 0.506 e. The number of esters is 1. The molecule has 0 spiro atoms. The molecule has 0 unspecified atom stereocenters. The lowest BCUT2D eigenvalue weighted by molar-refractivity contribution is -0.119. The first-order valence-corrected chi connectivity index (χ1v) is 8.34. The van der Waals surface area contributed by atoms with E-state index in [-0.39, 0.29) is 11.3 Å². The molecule has 0 aromatic heterocycles. The Hall–Kier alpha value is -2.76. The molecule has 2 N–H and O–H groups in total. The molecule has 0 heterocycles. The number of phenolic OH excluding ortho intramolecular Hbond substituents is 1. The Morgan fingerprint density at radius 1 is 1.04 bits per heavy atom. The van der Waals surface area contributed by atoms with Gasteiger partial charge < -0.3 is 15.2 Å². The maximum absolute atomic E-state index is 12.2. The number of nitrogens with one attached hydrogen (secondary N) is 1. The number of benzene rings is 3. The van der Waals surface area contributed by atoms with Crippen LogP contribution < -0.4 is 5.32 Å². The van der Waals surface area contributed by atoms with Gasteiger partial charge in [-0.15, -0.1) is 0 Å². The summed E-state index contributed by atoms with van der Waals surface area (Å²) in [7, 11) is 0. The second-order valence-corrected chi connectivity index (χ2v) is 6.27. The van der Waals surface area contributed by atoms with Crippen LogP contribution in [0.2, 0.25) is 10.0 Å². The zero-order valence-corrected chi connectivity index (χ0v) is 14.8. The van der Waals surface area contributed by atoms with E-state index in [0.29, 0.717) is 21.1 Å². The third-order valence-corrected chi connectivity index (χ3v) is 4.22. The van der Waals surface area contributed by atoms with Gasteiger partial charge in [0.15, 0.2) is 6.61 Å². The van der Waals surface area contributed by atoms with Crippen LogP contribution in [0, 0.1) is 0 Å². The van der Waals surface area contributed by atoms with Gasteiger partial charge in [-0.3, -0.25) is 4.79 Å². The molecule has 0 radical (unpaired) electrons. The standard InChI is InChI=1S/C19H13Cl2NO4/c20-12-6-8-15(21)16(9-12)22-17(23)10-26-19(25)14-7-5-11-3-1-2-4-13(11)18(14)24/h1-9,24H,10H2,(H,22,23). The van der Waals surface area contributed by atoms with Crippen molar-refractivity contribution in [2.45, 2.75) is 0 Å². The van der Waals surface area contributed by atoms with E-state index in [9.17, 15) is 14.7 Å². The lowest BCUT2D eigenvalue weighted by Crippen LogP contribution is -2.21. The van der Waals surface area contributed by atoms with Crippen LogP contribution in [0.5, 0.6) is 5.75 Å². The molecule has 132 valence electrons. The van der Waals surface area contributed by atoms with Gasteiger partial charge in [-0.2, -0.15) is 0 Å². The summed E-state index contributed by atoms with van der Waals surface area (Å²) in [5.74, 6) is -1.57. The molecule has 0 aliphatic heterocycles. The predicted octanol–water partition coefficient (Wildman–Crippen LogP) is 4.65. The number of carbonyl (C=O) groups excluding carboxylic acids is 2. The van der Waals surface area contributed by atoms with Gasteiger partial charge in [-0.25, -0.2) is 4.79 Å². The fourth-order valence-corrected chi connectivity index (χ4v) is 2.75. The van der Waals surface area contributed by atoms with Crippen molar-refractivity contribution < 1.29 is 19.4 Å². The number of halogens is 2. The summed E-state index contributed by atoms with van der Waals surface area (Å²) >= 11 is 11.8. The van der Waals surface area contributed by atoms with Crippen LogP contribution >= 0.6 is 23.2 Å². The van der Waals surface area contributed by atoms with E-state index in [2.05, 4.69) is 5.32 Å². The van der Waals surface area contributed by atoms with Gasteiger partial charge in [0.05, 0.1) is 10.7 Å². The van der Waals surface area contributed by atoms with Gasteiger partial charge >= 0.3 is 5.97 Å². The van der Waals surface area contributed by atoms with Gasteiger partial charge in [0, 0.05) is 10.4 Å². The van der Waals surface area contributed by atoms with E-state index < -0.39 is 18.5 Å². The Balaban J connectivity index is 1.68. The zero-order chi connectivity index (χ0) is 18.7. The number of hydrogen-bond acceptors (Lipinski definition) is 4. The molecular formula is C19H13Cl2NO4. The third-order valence-electron chi connectivity index (χ3n) is 3.66. The van der Waals surface area contributed by atoms with Gasteiger partial charge in [0.1, 0.15) is 11.3 Å². The quantitative estimate of drug-likeness (QED) is 0.636. The highest BCUT2D eigenvalue weighted by atomic mass is 35.5. The summed E-state index contributed by atoms with van der Waals surface area (Å²) in [5.41, 5.74) is 0.297. The Bertz CT molecular complexity index is 1000. The molecule has 7 heteroatoms.